The lowest BCUT2D eigenvalue weighted by Gasteiger charge is -2.57. The van der Waals surface area contributed by atoms with E-state index in [9.17, 15) is 40.5 Å². The number of ether oxygens (including phenoxy) is 4. The summed E-state index contributed by atoms with van der Waals surface area (Å²) in [7, 11) is 0. The number of carboxylic acids is 1. The standard InChI is InChI=1S/C33H50O12/c1-5-10-32(3)11-9-20-19(21(32)14-23(35)36)7-6-17-13-18(8-12-33(17,20)4)43-31-29(27(40)25(38)22(15-34)44-31)45-30-28(41)26(39)24(37)16(2)42-30/h6,16,18-22,24-31,34,37-41H,7-9,11-15H2,1-4H3,(H,35,36). The highest BCUT2D eigenvalue weighted by Crippen LogP contribution is 2.62. The Morgan fingerprint density at radius 2 is 1.71 bits per heavy atom. The molecule has 16 unspecified atom stereocenters. The molecule has 2 saturated heterocycles. The number of aliphatic hydroxyl groups excluding tert-OH is 6. The van der Waals surface area contributed by atoms with Crippen molar-refractivity contribution in [3.8, 4) is 11.8 Å². The van der Waals surface area contributed by atoms with Crippen LogP contribution in [0.25, 0.3) is 0 Å². The van der Waals surface area contributed by atoms with Gasteiger partial charge in [0.2, 0.25) is 0 Å². The van der Waals surface area contributed by atoms with Gasteiger partial charge in [-0.2, -0.15) is 0 Å². The van der Waals surface area contributed by atoms with Crippen molar-refractivity contribution < 1.29 is 59.5 Å². The van der Waals surface area contributed by atoms with Crippen LogP contribution in [-0.4, -0.2) is 116 Å². The molecule has 0 aromatic carbocycles. The number of aliphatic hydroxyl groups is 6. The fourth-order valence-corrected chi connectivity index (χ4v) is 8.85. The normalized spacial score (nSPS) is 50.0. The molecule has 12 heteroatoms. The molecule has 254 valence electrons. The van der Waals surface area contributed by atoms with Crippen molar-refractivity contribution in [1.29, 1.82) is 0 Å². The summed E-state index contributed by atoms with van der Waals surface area (Å²) in [5.74, 6) is 6.06. The molecule has 5 rings (SSSR count). The van der Waals surface area contributed by atoms with Crippen LogP contribution >= 0.6 is 0 Å². The van der Waals surface area contributed by atoms with Crippen molar-refractivity contribution in [3.05, 3.63) is 11.6 Å². The zero-order chi connectivity index (χ0) is 32.8. The molecule has 2 saturated carbocycles. The number of aliphatic carboxylic acids is 1. The summed E-state index contributed by atoms with van der Waals surface area (Å²) in [5, 5.41) is 72.1. The molecule has 0 aromatic rings. The lowest BCUT2D eigenvalue weighted by atomic mass is 9.47. The maximum atomic E-state index is 11.9. The topological polar surface area (TPSA) is 196 Å². The zero-order valence-electron chi connectivity index (χ0n) is 26.5. The van der Waals surface area contributed by atoms with E-state index in [1.54, 1.807) is 0 Å². The molecule has 3 aliphatic carbocycles. The molecule has 45 heavy (non-hydrogen) atoms. The van der Waals surface area contributed by atoms with Crippen molar-refractivity contribution in [1.82, 2.24) is 0 Å². The van der Waals surface area contributed by atoms with E-state index in [4.69, 9.17) is 18.9 Å². The van der Waals surface area contributed by atoms with Gasteiger partial charge in [0.15, 0.2) is 12.6 Å². The third-order valence-corrected chi connectivity index (χ3v) is 11.5. The highest BCUT2D eigenvalue weighted by atomic mass is 16.8. The van der Waals surface area contributed by atoms with E-state index in [2.05, 4.69) is 31.8 Å². The van der Waals surface area contributed by atoms with E-state index < -0.39 is 74.0 Å². The van der Waals surface area contributed by atoms with Gasteiger partial charge in [-0.25, -0.2) is 0 Å². The number of allylic oxidation sites excluding steroid dienone is 1. The Hall–Kier alpha value is -1.63. The van der Waals surface area contributed by atoms with Gasteiger partial charge in [0.25, 0.3) is 0 Å². The predicted octanol–water partition coefficient (Wildman–Crippen LogP) is 0.690. The maximum Gasteiger partial charge on any atom is 0.303 e. The van der Waals surface area contributed by atoms with E-state index in [-0.39, 0.29) is 35.2 Å². The van der Waals surface area contributed by atoms with Gasteiger partial charge in [0.05, 0.1) is 18.8 Å². The number of fused-ring (bicyclic) bond motifs is 3. The summed E-state index contributed by atoms with van der Waals surface area (Å²) in [6.45, 7) is 7.11. The van der Waals surface area contributed by atoms with E-state index in [1.165, 1.54) is 12.5 Å². The van der Waals surface area contributed by atoms with Gasteiger partial charge in [-0.05, 0) is 82.5 Å². The fourth-order valence-electron chi connectivity index (χ4n) is 8.85. The van der Waals surface area contributed by atoms with Gasteiger partial charge in [-0.1, -0.05) is 24.5 Å². The monoisotopic (exact) mass is 638 g/mol. The highest BCUT2D eigenvalue weighted by molar-refractivity contribution is 5.67. The summed E-state index contributed by atoms with van der Waals surface area (Å²) in [5.41, 5.74) is 0.754. The van der Waals surface area contributed by atoms with Gasteiger partial charge in [0, 0.05) is 11.8 Å². The number of rotatable bonds is 7. The Labute approximate surface area is 264 Å². The first-order valence-corrected chi connectivity index (χ1v) is 16.2. The lowest BCUT2D eigenvalue weighted by Crippen LogP contribution is -2.64. The lowest BCUT2D eigenvalue weighted by molar-refractivity contribution is -0.369. The molecule has 0 amide bonds. The second kappa shape index (κ2) is 13.5. The van der Waals surface area contributed by atoms with Crippen LogP contribution in [-0.2, 0) is 23.7 Å². The fraction of sp³-hybridized carbons (Fsp3) is 0.848. The van der Waals surface area contributed by atoms with E-state index in [0.29, 0.717) is 18.8 Å². The third-order valence-electron chi connectivity index (χ3n) is 11.5. The molecule has 12 nitrogen and oxygen atoms in total. The molecule has 0 aromatic heterocycles. The molecule has 2 aliphatic heterocycles. The van der Waals surface area contributed by atoms with Gasteiger partial charge < -0.3 is 54.7 Å². The first-order valence-electron chi connectivity index (χ1n) is 16.2. The second-order valence-electron chi connectivity index (χ2n) is 14.2. The summed E-state index contributed by atoms with van der Waals surface area (Å²) in [6.07, 6.45) is -7.17. The first-order chi connectivity index (χ1) is 21.2. The average Bonchev–Trinajstić information content (AvgIpc) is 2.99. The molecule has 7 N–H and O–H groups in total. The maximum absolute atomic E-state index is 11.9. The SMILES string of the molecule is CC#CC1(C)CCC2C(CC=C3CC(OC4OC(CO)C(O)C(O)C4OC4OC(C)C(O)C(O)C4O)CCC32C)C1CC(=O)O. The Balaban J connectivity index is 1.33. The van der Waals surface area contributed by atoms with Crippen molar-refractivity contribution >= 4 is 5.97 Å². The van der Waals surface area contributed by atoms with Crippen molar-refractivity contribution in [2.24, 2.45) is 28.6 Å². The van der Waals surface area contributed by atoms with E-state index in [0.717, 1.165) is 25.7 Å². The molecular weight excluding hydrogens is 588 g/mol. The summed E-state index contributed by atoms with van der Waals surface area (Å²) < 4.78 is 23.7. The second-order valence-corrected chi connectivity index (χ2v) is 14.2. The molecule has 4 fully saturated rings. The first kappa shape index (κ1) is 34.7. The van der Waals surface area contributed by atoms with Crippen molar-refractivity contribution in [2.45, 2.75) is 140 Å². The third kappa shape index (κ3) is 6.46. The summed E-state index contributed by atoms with van der Waals surface area (Å²) >= 11 is 0. The van der Waals surface area contributed by atoms with Crippen LogP contribution in [0.1, 0.15) is 72.6 Å². The van der Waals surface area contributed by atoms with Gasteiger partial charge >= 0.3 is 5.97 Å². The molecule has 0 spiro atoms. The van der Waals surface area contributed by atoms with Crippen LogP contribution in [0.5, 0.6) is 0 Å². The Morgan fingerprint density at radius 1 is 0.978 bits per heavy atom. The number of carbonyl (C=O) groups is 1. The van der Waals surface area contributed by atoms with E-state index >= 15 is 0 Å². The Morgan fingerprint density at radius 3 is 2.38 bits per heavy atom. The summed E-state index contributed by atoms with van der Waals surface area (Å²) in [4.78, 5) is 11.9. The smallest absolute Gasteiger partial charge is 0.303 e. The molecule has 2 heterocycles. The van der Waals surface area contributed by atoms with Crippen LogP contribution in [0.4, 0.5) is 0 Å². The largest absolute Gasteiger partial charge is 0.481 e. The van der Waals surface area contributed by atoms with Crippen molar-refractivity contribution in [2.75, 3.05) is 6.61 Å². The molecule has 0 bridgehead atoms. The van der Waals surface area contributed by atoms with Crippen molar-refractivity contribution in [3.63, 3.8) is 0 Å². The average molecular weight is 639 g/mol. The van der Waals surface area contributed by atoms with Gasteiger partial charge in [-0.15, -0.1) is 5.92 Å². The Kier molecular flexibility index (Phi) is 10.4. The van der Waals surface area contributed by atoms with Gasteiger partial charge in [0.1, 0.15) is 42.7 Å². The minimum atomic E-state index is -1.64. The predicted molar refractivity (Wildman–Crippen MR) is 158 cm³/mol. The van der Waals surface area contributed by atoms with Gasteiger partial charge in [-0.3, -0.25) is 4.79 Å². The van der Waals surface area contributed by atoms with Crippen LogP contribution in [0.15, 0.2) is 11.6 Å². The molecule has 5 aliphatic rings. The summed E-state index contributed by atoms with van der Waals surface area (Å²) in [6, 6.07) is 0. The van der Waals surface area contributed by atoms with Crippen LogP contribution in [0.2, 0.25) is 0 Å². The van der Waals surface area contributed by atoms with Crippen LogP contribution < -0.4 is 0 Å². The van der Waals surface area contributed by atoms with E-state index in [1.807, 2.05) is 6.92 Å². The zero-order valence-corrected chi connectivity index (χ0v) is 26.5. The number of hydrogen-bond acceptors (Lipinski definition) is 11. The molecule has 0 radical (unpaired) electrons. The van der Waals surface area contributed by atoms with Crippen LogP contribution in [0.3, 0.4) is 0 Å². The minimum Gasteiger partial charge on any atom is -0.481 e. The molecular formula is C33H50O12. The highest BCUT2D eigenvalue weighted by Gasteiger charge is 2.56. The quantitative estimate of drug-likeness (QED) is 0.153. The number of carboxylic acid groups (broad SMARTS) is 1. The minimum absolute atomic E-state index is 0.0543. The van der Waals surface area contributed by atoms with Crippen LogP contribution in [0, 0.1) is 40.4 Å². The Bertz CT molecular complexity index is 1170. The molecule has 16 atom stereocenters. The number of hydrogen-bond donors (Lipinski definition) is 7.